The van der Waals surface area contributed by atoms with Crippen molar-refractivity contribution in [2.45, 2.75) is 31.8 Å². The lowest BCUT2D eigenvalue weighted by Crippen LogP contribution is -2.46. The van der Waals surface area contributed by atoms with Crippen molar-refractivity contribution in [1.82, 2.24) is 24.5 Å². The Bertz CT molecular complexity index is 1030. The molecule has 2 atom stereocenters. The van der Waals surface area contributed by atoms with Crippen LogP contribution in [-0.2, 0) is 11.2 Å². The van der Waals surface area contributed by atoms with Gasteiger partial charge >= 0.3 is 0 Å². The van der Waals surface area contributed by atoms with E-state index in [9.17, 15) is 14.7 Å². The fraction of sp³-hybridized carbons (Fsp3) is 0.368. The number of aliphatic hydroxyl groups excluding tert-OH is 1. The minimum Gasteiger partial charge on any atom is -0.391 e. The molecular weight excluding hydrogens is 346 g/mol. The molecule has 1 saturated heterocycles. The lowest BCUT2D eigenvalue weighted by Gasteiger charge is -2.36. The fourth-order valence-electron chi connectivity index (χ4n) is 3.62. The quantitative estimate of drug-likeness (QED) is 0.707. The number of H-pyrrole nitrogens is 1. The Morgan fingerprint density at radius 1 is 1.30 bits per heavy atom. The van der Waals surface area contributed by atoms with Crippen molar-refractivity contribution >= 4 is 11.7 Å². The zero-order chi connectivity index (χ0) is 19.0. The Morgan fingerprint density at radius 3 is 2.81 bits per heavy atom. The highest BCUT2D eigenvalue weighted by Gasteiger charge is 2.31. The summed E-state index contributed by atoms with van der Waals surface area (Å²) in [7, 11) is 0. The van der Waals surface area contributed by atoms with Crippen LogP contribution in [0, 0.1) is 6.92 Å². The van der Waals surface area contributed by atoms with E-state index in [-0.39, 0.29) is 36.1 Å². The van der Waals surface area contributed by atoms with Crippen LogP contribution in [0.3, 0.4) is 0 Å². The van der Waals surface area contributed by atoms with Gasteiger partial charge in [0, 0.05) is 30.8 Å². The third-order valence-electron chi connectivity index (χ3n) is 4.99. The van der Waals surface area contributed by atoms with Crippen molar-refractivity contribution in [3.05, 3.63) is 63.8 Å². The molecule has 0 saturated carbocycles. The van der Waals surface area contributed by atoms with Crippen molar-refractivity contribution in [2.24, 2.45) is 0 Å². The lowest BCUT2D eigenvalue weighted by molar-refractivity contribution is -0.134. The highest BCUT2D eigenvalue weighted by atomic mass is 16.3. The SMILES string of the molecule is Cc1cc(=O)n2[nH]c(CC(=O)N3CC[C@@H](c4ccccc4)[C@H](O)C3)nc2n1. The number of likely N-dealkylation sites (tertiary alicyclic amines) is 1. The van der Waals surface area contributed by atoms with Gasteiger partial charge in [-0.05, 0) is 18.9 Å². The number of benzene rings is 1. The maximum atomic E-state index is 12.6. The fourth-order valence-corrected chi connectivity index (χ4v) is 3.62. The number of carbonyl (C=O) groups excluding carboxylic acids is 1. The molecule has 2 N–H and O–H groups in total. The van der Waals surface area contributed by atoms with Crippen LogP contribution >= 0.6 is 0 Å². The van der Waals surface area contributed by atoms with E-state index in [1.54, 1.807) is 11.8 Å². The van der Waals surface area contributed by atoms with Crippen LogP contribution in [-0.4, -0.2) is 54.7 Å². The Hall–Kier alpha value is -3.00. The predicted molar refractivity (Wildman–Crippen MR) is 98.4 cm³/mol. The molecule has 1 amide bonds. The molecule has 4 rings (SSSR count). The van der Waals surface area contributed by atoms with Gasteiger partial charge in [0.2, 0.25) is 5.91 Å². The summed E-state index contributed by atoms with van der Waals surface area (Å²) in [6.45, 7) is 2.59. The van der Waals surface area contributed by atoms with Crippen molar-refractivity contribution < 1.29 is 9.90 Å². The summed E-state index contributed by atoms with van der Waals surface area (Å²) in [5.41, 5.74) is 1.41. The molecule has 8 nitrogen and oxygen atoms in total. The van der Waals surface area contributed by atoms with Gasteiger partial charge in [-0.2, -0.15) is 9.50 Å². The number of hydrogen-bond acceptors (Lipinski definition) is 5. The van der Waals surface area contributed by atoms with Gasteiger partial charge in [-0.3, -0.25) is 14.7 Å². The van der Waals surface area contributed by atoms with Gasteiger partial charge in [0.1, 0.15) is 5.82 Å². The number of carbonyl (C=O) groups is 1. The number of aryl methyl sites for hydroxylation is 1. The predicted octanol–water partition coefficient (Wildman–Crippen LogP) is 0.646. The van der Waals surface area contributed by atoms with E-state index in [0.29, 0.717) is 24.5 Å². The first kappa shape index (κ1) is 17.4. The smallest absolute Gasteiger partial charge is 0.274 e. The van der Waals surface area contributed by atoms with Crippen LogP contribution in [0.4, 0.5) is 0 Å². The number of aliphatic hydroxyl groups is 1. The topological polar surface area (TPSA) is 104 Å². The average Bonchev–Trinajstić information content (AvgIpc) is 3.05. The lowest BCUT2D eigenvalue weighted by atomic mass is 9.87. The second-order valence-corrected chi connectivity index (χ2v) is 6.93. The van der Waals surface area contributed by atoms with E-state index in [1.165, 1.54) is 10.6 Å². The number of nitrogens with one attached hydrogen (secondary N) is 1. The van der Waals surface area contributed by atoms with E-state index in [0.717, 1.165) is 5.56 Å². The molecule has 3 aromatic rings. The van der Waals surface area contributed by atoms with Gasteiger partial charge < -0.3 is 10.0 Å². The number of amides is 1. The number of fused-ring (bicyclic) bond motifs is 1. The van der Waals surface area contributed by atoms with E-state index in [2.05, 4.69) is 15.1 Å². The third-order valence-corrected chi connectivity index (χ3v) is 4.99. The number of rotatable bonds is 3. The maximum Gasteiger partial charge on any atom is 0.274 e. The first-order chi connectivity index (χ1) is 13.0. The summed E-state index contributed by atoms with van der Waals surface area (Å²) < 4.78 is 1.23. The number of piperidine rings is 1. The standard InChI is InChI=1S/C19H21N5O3/c1-12-9-18(27)24-19(20-12)21-16(22-24)10-17(26)23-8-7-14(15(25)11-23)13-5-3-2-4-6-13/h2-6,9,14-15,25H,7-8,10-11H2,1H3,(H,20,21,22)/t14-,15+/m0/s1. The highest BCUT2D eigenvalue weighted by molar-refractivity contribution is 5.78. The van der Waals surface area contributed by atoms with Crippen LogP contribution in [0.25, 0.3) is 5.78 Å². The van der Waals surface area contributed by atoms with E-state index >= 15 is 0 Å². The summed E-state index contributed by atoms with van der Waals surface area (Å²) in [5, 5.41) is 13.3. The molecule has 1 aliphatic heterocycles. The number of hydrogen-bond donors (Lipinski definition) is 2. The minimum absolute atomic E-state index is 0.0323. The molecule has 1 fully saturated rings. The zero-order valence-corrected chi connectivity index (χ0v) is 15.0. The molecule has 8 heteroatoms. The molecule has 0 radical (unpaired) electrons. The van der Waals surface area contributed by atoms with Gasteiger partial charge in [0.25, 0.3) is 11.3 Å². The molecule has 2 aromatic heterocycles. The summed E-state index contributed by atoms with van der Waals surface area (Å²) >= 11 is 0. The third kappa shape index (κ3) is 3.48. The molecule has 0 aliphatic carbocycles. The van der Waals surface area contributed by atoms with Gasteiger partial charge in [0.15, 0.2) is 0 Å². The Labute approximate surface area is 155 Å². The Morgan fingerprint density at radius 2 is 2.07 bits per heavy atom. The maximum absolute atomic E-state index is 12.6. The highest BCUT2D eigenvalue weighted by Crippen LogP contribution is 2.28. The summed E-state index contributed by atoms with van der Waals surface area (Å²) in [6, 6.07) is 11.3. The zero-order valence-electron chi connectivity index (χ0n) is 15.0. The molecule has 1 aromatic carbocycles. The molecule has 0 spiro atoms. The Balaban J connectivity index is 1.45. The van der Waals surface area contributed by atoms with Gasteiger partial charge in [-0.1, -0.05) is 30.3 Å². The van der Waals surface area contributed by atoms with E-state index < -0.39 is 6.10 Å². The van der Waals surface area contributed by atoms with Crippen LogP contribution in [0.15, 0.2) is 41.2 Å². The molecule has 3 heterocycles. The largest absolute Gasteiger partial charge is 0.391 e. The molecule has 140 valence electrons. The van der Waals surface area contributed by atoms with Crippen LogP contribution in [0.1, 0.15) is 29.4 Å². The number of nitrogens with zero attached hydrogens (tertiary/aromatic N) is 4. The van der Waals surface area contributed by atoms with Gasteiger partial charge in [-0.25, -0.2) is 4.98 Å². The number of β-amino-alcohol motifs (C(OH)–C–C–N with tert-alkyl or cyclic N) is 1. The summed E-state index contributed by atoms with van der Waals surface area (Å²) in [6.07, 6.45) is 0.134. The van der Waals surface area contributed by atoms with Crippen LogP contribution < -0.4 is 5.56 Å². The van der Waals surface area contributed by atoms with Crippen LogP contribution in [0.2, 0.25) is 0 Å². The van der Waals surface area contributed by atoms with Gasteiger partial charge in [0.05, 0.1) is 12.5 Å². The van der Waals surface area contributed by atoms with Crippen molar-refractivity contribution in [3.8, 4) is 0 Å². The second kappa shape index (κ2) is 6.96. The monoisotopic (exact) mass is 367 g/mol. The number of aromatic amines is 1. The normalized spacial score (nSPS) is 20.1. The first-order valence-corrected chi connectivity index (χ1v) is 8.97. The van der Waals surface area contributed by atoms with Gasteiger partial charge in [-0.15, -0.1) is 0 Å². The number of aromatic nitrogens is 4. The van der Waals surface area contributed by atoms with Crippen molar-refractivity contribution in [3.63, 3.8) is 0 Å². The summed E-state index contributed by atoms with van der Waals surface area (Å²) in [5.74, 6) is 0.539. The minimum atomic E-state index is -0.604. The molecule has 27 heavy (non-hydrogen) atoms. The first-order valence-electron chi connectivity index (χ1n) is 8.97. The van der Waals surface area contributed by atoms with Crippen molar-refractivity contribution in [2.75, 3.05) is 13.1 Å². The molecule has 0 bridgehead atoms. The Kier molecular flexibility index (Phi) is 4.49. The molecular formula is C19H21N5O3. The molecule has 0 unspecified atom stereocenters. The molecule has 1 aliphatic rings. The van der Waals surface area contributed by atoms with E-state index in [4.69, 9.17) is 0 Å². The summed E-state index contributed by atoms with van der Waals surface area (Å²) in [4.78, 5) is 34.6. The average molecular weight is 367 g/mol. The van der Waals surface area contributed by atoms with Crippen LogP contribution in [0.5, 0.6) is 0 Å². The second-order valence-electron chi connectivity index (χ2n) is 6.93. The van der Waals surface area contributed by atoms with Crippen molar-refractivity contribution in [1.29, 1.82) is 0 Å². The van der Waals surface area contributed by atoms with E-state index in [1.807, 2.05) is 30.3 Å².